The van der Waals surface area contributed by atoms with E-state index in [0.29, 0.717) is 24.4 Å². The lowest BCUT2D eigenvalue weighted by atomic mass is 9.98. The lowest BCUT2D eigenvalue weighted by Crippen LogP contribution is -2.43. The molecule has 1 atom stereocenters. The maximum atomic E-state index is 12.5. The average molecular weight is 395 g/mol. The minimum absolute atomic E-state index is 0.0222. The molecular formula is C18H22N2O4S2. The first-order valence-corrected chi connectivity index (χ1v) is 10.9. The lowest BCUT2D eigenvalue weighted by Gasteiger charge is -2.32. The molecule has 26 heavy (non-hydrogen) atoms. The van der Waals surface area contributed by atoms with Gasteiger partial charge in [-0.3, -0.25) is 4.79 Å². The number of carbonyl (C=O) groups excluding carboxylic acids is 1. The molecule has 1 aromatic heterocycles. The smallest absolute Gasteiger partial charge is 0.254 e. The van der Waals surface area contributed by atoms with E-state index in [9.17, 15) is 13.2 Å². The number of hydrogen-bond donors (Lipinski definition) is 1. The van der Waals surface area contributed by atoms with Crippen LogP contribution >= 0.6 is 11.3 Å². The third-order valence-corrected chi connectivity index (χ3v) is 6.63. The van der Waals surface area contributed by atoms with Crippen molar-refractivity contribution in [2.75, 3.05) is 26.7 Å². The molecule has 1 N–H and O–H groups in total. The number of amides is 1. The van der Waals surface area contributed by atoms with Gasteiger partial charge in [-0.05, 0) is 54.5 Å². The molecule has 1 amide bonds. The van der Waals surface area contributed by atoms with Crippen molar-refractivity contribution in [1.82, 2.24) is 9.62 Å². The van der Waals surface area contributed by atoms with Crippen molar-refractivity contribution in [3.05, 3.63) is 46.7 Å². The lowest BCUT2D eigenvalue weighted by molar-refractivity contribution is 0.0677. The Morgan fingerprint density at radius 1 is 1.31 bits per heavy atom. The topological polar surface area (TPSA) is 75.7 Å². The number of nitrogens with zero attached hydrogens (tertiary/aromatic N) is 1. The molecule has 1 aliphatic rings. The third kappa shape index (κ3) is 4.44. The van der Waals surface area contributed by atoms with Gasteiger partial charge >= 0.3 is 0 Å². The van der Waals surface area contributed by atoms with Crippen LogP contribution in [-0.4, -0.2) is 46.0 Å². The molecule has 140 valence electrons. The van der Waals surface area contributed by atoms with Gasteiger partial charge in [0.1, 0.15) is 5.75 Å². The van der Waals surface area contributed by atoms with E-state index in [1.807, 2.05) is 21.7 Å². The van der Waals surface area contributed by atoms with E-state index in [4.69, 9.17) is 4.74 Å². The predicted octanol–water partition coefficient (Wildman–Crippen LogP) is 2.59. The highest BCUT2D eigenvalue weighted by molar-refractivity contribution is 7.89. The second-order valence-corrected chi connectivity index (χ2v) is 8.85. The first kappa shape index (κ1) is 18.9. The third-order valence-electron chi connectivity index (χ3n) is 4.51. The summed E-state index contributed by atoms with van der Waals surface area (Å²) in [6, 6.07) is 8.11. The van der Waals surface area contributed by atoms with Crippen LogP contribution in [-0.2, 0) is 10.0 Å². The highest BCUT2D eigenvalue weighted by Gasteiger charge is 2.26. The summed E-state index contributed by atoms with van der Waals surface area (Å²) in [5.74, 6) is 0.743. The minimum atomic E-state index is -3.57. The molecule has 1 aromatic carbocycles. The monoisotopic (exact) mass is 394 g/mol. The van der Waals surface area contributed by atoms with Crippen LogP contribution in [0.15, 0.2) is 46.0 Å². The van der Waals surface area contributed by atoms with Gasteiger partial charge in [0.25, 0.3) is 5.91 Å². The Labute approximate surface area is 157 Å². The zero-order chi connectivity index (χ0) is 18.6. The van der Waals surface area contributed by atoms with Crippen molar-refractivity contribution >= 4 is 27.3 Å². The minimum Gasteiger partial charge on any atom is -0.497 e. The van der Waals surface area contributed by atoms with Gasteiger partial charge in [-0.25, -0.2) is 13.1 Å². The molecule has 0 radical (unpaired) electrons. The van der Waals surface area contributed by atoms with Crippen LogP contribution in [0.3, 0.4) is 0 Å². The summed E-state index contributed by atoms with van der Waals surface area (Å²) in [5, 5.41) is 3.73. The van der Waals surface area contributed by atoms with Gasteiger partial charge < -0.3 is 9.64 Å². The Morgan fingerprint density at radius 2 is 2.08 bits per heavy atom. The van der Waals surface area contributed by atoms with E-state index in [2.05, 4.69) is 4.72 Å². The van der Waals surface area contributed by atoms with Gasteiger partial charge in [-0.2, -0.15) is 11.3 Å². The van der Waals surface area contributed by atoms with Gasteiger partial charge in [0.15, 0.2) is 0 Å². The van der Waals surface area contributed by atoms with Gasteiger partial charge in [0, 0.05) is 25.0 Å². The summed E-state index contributed by atoms with van der Waals surface area (Å²) < 4.78 is 32.6. The maximum absolute atomic E-state index is 12.5. The summed E-state index contributed by atoms with van der Waals surface area (Å²) in [6.07, 6.45) is 1.78. The Balaban J connectivity index is 1.59. The fourth-order valence-corrected chi connectivity index (χ4v) is 4.80. The molecule has 8 heteroatoms. The van der Waals surface area contributed by atoms with Crippen LogP contribution < -0.4 is 9.46 Å². The van der Waals surface area contributed by atoms with Crippen LogP contribution in [0.4, 0.5) is 0 Å². The highest BCUT2D eigenvalue weighted by atomic mass is 32.2. The molecule has 1 aliphatic heterocycles. The molecule has 2 heterocycles. The number of methoxy groups -OCH3 is 1. The number of sulfonamides is 1. The van der Waals surface area contributed by atoms with Crippen LogP contribution in [0.25, 0.3) is 0 Å². The summed E-state index contributed by atoms with van der Waals surface area (Å²) in [5.41, 5.74) is 0.703. The van der Waals surface area contributed by atoms with Crippen molar-refractivity contribution in [3.8, 4) is 5.75 Å². The van der Waals surface area contributed by atoms with Crippen molar-refractivity contribution in [2.24, 2.45) is 5.92 Å². The molecule has 0 spiro atoms. The van der Waals surface area contributed by atoms with Gasteiger partial charge in [0.05, 0.1) is 17.6 Å². The predicted molar refractivity (Wildman–Crippen MR) is 101 cm³/mol. The van der Waals surface area contributed by atoms with E-state index in [0.717, 1.165) is 19.4 Å². The van der Waals surface area contributed by atoms with Crippen molar-refractivity contribution in [2.45, 2.75) is 17.7 Å². The Kier molecular flexibility index (Phi) is 5.95. The molecular weight excluding hydrogens is 372 g/mol. The van der Waals surface area contributed by atoms with Gasteiger partial charge in [-0.1, -0.05) is 0 Å². The Morgan fingerprint density at radius 3 is 2.73 bits per heavy atom. The SMILES string of the molecule is COc1ccc(S(=O)(=O)NCC2CCCN(C(=O)c3ccsc3)C2)cc1. The number of carbonyl (C=O) groups is 1. The number of thiophene rings is 1. The van der Waals surface area contributed by atoms with E-state index in [1.54, 1.807) is 12.1 Å². The fraction of sp³-hybridized carbons (Fsp3) is 0.389. The normalized spacial score (nSPS) is 17.9. The van der Waals surface area contributed by atoms with Crippen molar-refractivity contribution in [1.29, 1.82) is 0 Å². The second kappa shape index (κ2) is 8.20. The fourth-order valence-electron chi connectivity index (χ4n) is 3.05. The van der Waals surface area contributed by atoms with E-state index in [-0.39, 0.29) is 16.7 Å². The number of ether oxygens (including phenoxy) is 1. The number of benzene rings is 1. The summed E-state index contributed by atoms with van der Waals surface area (Å²) in [7, 11) is -2.04. The van der Waals surface area contributed by atoms with E-state index < -0.39 is 10.0 Å². The van der Waals surface area contributed by atoms with Crippen LogP contribution in [0.1, 0.15) is 23.2 Å². The number of nitrogens with one attached hydrogen (secondary N) is 1. The molecule has 0 bridgehead atoms. The van der Waals surface area contributed by atoms with Crippen LogP contribution in [0.5, 0.6) is 5.75 Å². The zero-order valence-electron chi connectivity index (χ0n) is 14.6. The standard InChI is InChI=1S/C18H22N2O4S2/c1-24-16-4-6-17(7-5-16)26(22,23)19-11-14-3-2-9-20(12-14)18(21)15-8-10-25-13-15/h4-8,10,13-14,19H,2-3,9,11-12H2,1H3. The quantitative estimate of drug-likeness (QED) is 0.817. The van der Waals surface area contributed by atoms with Gasteiger partial charge in [-0.15, -0.1) is 0 Å². The Hall–Kier alpha value is -1.90. The highest BCUT2D eigenvalue weighted by Crippen LogP contribution is 2.20. The second-order valence-electron chi connectivity index (χ2n) is 6.30. The van der Waals surface area contributed by atoms with Crippen molar-refractivity contribution < 1.29 is 17.9 Å². The Bertz CT molecular complexity index is 833. The van der Waals surface area contributed by atoms with E-state index >= 15 is 0 Å². The molecule has 1 fully saturated rings. The summed E-state index contributed by atoms with van der Waals surface area (Å²) in [4.78, 5) is 14.5. The molecule has 1 unspecified atom stereocenters. The van der Waals surface area contributed by atoms with Crippen LogP contribution in [0, 0.1) is 5.92 Å². The molecule has 2 aromatic rings. The number of rotatable bonds is 6. The largest absolute Gasteiger partial charge is 0.497 e. The first-order valence-electron chi connectivity index (χ1n) is 8.45. The molecule has 0 aliphatic carbocycles. The average Bonchev–Trinajstić information content (AvgIpc) is 3.21. The maximum Gasteiger partial charge on any atom is 0.254 e. The molecule has 3 rings (SSSR count). The number of piperidine rings is 1. The van der Waals surface area contributed by atoms with E-state index in [1.165, 1.54) is 30.6 Å². The molecule has 1 saturated heterocycles. The number of hydrogen-bond acceptors (Lipinski definition) is 5. The molecule has 0 saturated carbocycles. The number of likely N-dealkylation sites (tertiary alicyclic amines) is 1. The van der Waals surface area contributed by atoms with Crippen molar-refractivity contribution in [3.63, 3.8) is 0 Å². The molecule has 6 nitrogen and oxygen atoms in total. The summed E-state index contributed by atoms with van der Waals surface area (Å²) >= 11 is 1.50. The summed E-state index contributed by atoms with van der Waals surface area (Å²) in [6.45, 7) is 1.61. The first-order chi connectivity index (χ1) is 12.5. The van der Waals surface area contributed by atoms with Crippen LogP contribution in [0.2, 0.25) is 0 Å². The zero-order valence-corrected chi connectivity index (χ0v) is 16.2. The van der Waals surface area contributed by atoms with Gasteiger partial charge in [0.2, 0.25) is 10.0 Å².